The Hall–Kier alpha value is -2.23. The minimum Gasteiger partial charge on any atom is -0.271 e. The largest absolute Gasteiger partial charge is 0.275 e. The van der Waals surface area contributed by atoms with Crippen LogP contribution in [0.5, 0.6) is 0 Å². The van der Waals surface area contributed by atoms with Gasteiger partial charge >= 0.3 is 0 Å². The molecule has 0 unspecified atom stereocenters. The summed E-state index contributed by atoms with van der Waals surface area (Å²) in [6.45, 7) is 0. The molecule has 3 aromatic rings. The molecule has 0 amide bonds. The Kier molecular flexibility index (Phi) is 4.65. The fourth-order valence-electron chi connectivity index (χ4n) is 3.02. The molecule has 0 aliphatic rings. The van der Waals surface area contributed by atoms with Gasteiger partial charge in [0.15, 0.2) is 0 Å². The second kappa shape index (κ2) is 6.71. The van der Waals surface area contributed by atoms with Crippen molar-refractivity contribution in [2.45, 2.75) is 5.54 Å². The molecule has 122 valence electrons. The van der Waals surface area contributed by atoms with Gasteiger partial charge in [0.05, 0.1) is 0 Å². The van der Waals surface area contributed by atoms with Crippen molar-refractivity contribution in [1.82, 2.24) is 5.09 Å². The smallest absolute Gasteiger partial charge is 0.271 e. The van der Waals surface area contributed by atoms with Crippen LogP contribution in [0.15, 0.2) is 91.0 Å². The van der Waals surface area contributed by atoms with Gasteiger partial charge in [0, 0.05) is 0 Å². The molecule has 3 aromatic carbocycles. The summed E-state index contributed by atoms with van der Waals surface area (Å²) in [6, 6.07) is 29.3. The summed E-state index contributed by atoms with van der Waals surface area (Å²) >= 11 is 0. The molecule has 4 nitrogen and oxygen atoms in total. The lowest BCUT2D eigenvalue weighted by Gasteiger charge is -2.37. The van der Waals surface area contributed by atoms with E-state index in [-0.39, 0.29) is 0 Å². The monoisotopic (exact) mass is 337 g/mol. The summed E-state index contributed by atoms with van der Waals surface area (Å²) in [4.78, 5) is 0. The molecule has 3 rings (SSSR count). The lowest BCUT2D eigenvalue weighted by Crippen LogP contribution is -2.45. The molecule has 0 heterocycles. The summed E-state index contributed by atoms with van der Waals surface area (Å²) in [5.74, 6) is 0. The van der Waals surface area contributed by atoms with Gasteiger partial charge in [0.1, 0.15) is 5.54 Å². The van der Waals surface area contributed by atoms with E-state index in [0.717, 1.165) is 16.7 Å². The molecule has 0 bridgehead atoms. The Morgan fingerprint density at radius 3 is 1.17 bits per heavy atom. The highest BCUT2D eigenvalue weighted by molar-refractivity contribution is 7.56. The summed E-state index contributed by atoms with van der Waals surface area (Å²) in [5.41, 5.74) is 13.4. The van der Waals surface area contributed by atoms with Crippen molar-refractivity contribution in [3.63, 3.8) is 0 Å². The number of benzene rings is 3. The van der Waals surface area contributed by atoms with Gasteiger partial charge in [0.2, 0.25) is 0 Å². The van der Waals surface area contributed by atoms with Crippen LogP contribution >= 0.6 is 7.59 Å². The minimum absolute atomic E-state index is 0.900. The summed E-state index contributed by atoms with van der Waals surface area (Å²) in [6.07, 6.45) is 0. The Morgan fingerprint density at radius 1 is 0.625 bits per heavy atom. The van der Waals surface area contributed by atoms with Gasteiger partial charge in [-0.3, -0.25) is 15.6 Å². The van der Waals surface area contributed by atoms with Crippen LogP contribution in [0.2, 0.25) is 0 Å². The van der Waals surface area contributed by atoms with Gasteiger partial charge in [0.25, 0.3) is 7.59 Å². The van der Waals surface area contributed by atoms with E-state index in [1.165, 1.54) is 0 Å². The molecule has 0 spiro atoms. The molecule has 0 fully saturated rings. The topological polar surface area (TPSA) is 81.1 Å². The number of rotatable bonds is 5. The van der Waals surface area contributed by atoms with Crippen LogP contribution in [0.1, 0.15) is 16.7 Å². The molecule has 24 heavy (non-hydrogen) atoms. The Balaban J connectivity index is 2.35. The Morgan fingerprint density at radius 2 is 0.917 bits per heavy atom. The number of hydrogen-bond donors (Lipinski definition) is 3. The second-order valence-electron chi connectivity index (χ2n) is 5.67. The Labute approximate surface area is 142 Å². The van der Waals surface area contributed by atoms with E-state index < -0.39 is 13.1 Å². The number of nitrogens with two attached hydrogens (primary N) is 2. The quantitative estimate of drug-likeness (QED) is 0.491. The fraction of sp³-hybridized carbons (Fsp3) is 0.0526. The molecule has 0 saturated heterocycles. The first kappa shape index (κ1) is 16.6. The van der Waals surface area contributed by atoms with Crippen LogP contribution < -0.4 is 16.1 Å². The first-order valence-electron chi connectivity index (χ1n) is 7.65. The van der Waals surface area contributed by atoms with E-state index in [1.807, 2.05) is 91.0 Å². The summed E-state index contributed by atoms with van der Waals surface area (Å²) < 4.78 is 12.4. The minimum atomic E-state index is -3.53. The van der Waals surface area contributed by atoms with Crippen LogP contribution in [0.25, 0.3) is 0 Å². The maximum Gasteiger partial charge on any atom is 0.275 e. The summed E-state index contributed by atoms with van der Waals surface area (Å²) in [7, 11) is -3.53. The third kappa shape index (κ3) is 3.32. The first-order chi connectivity index (χ1) is 11.5. The van der Waals surface area contributed by atoms with Crippen LogP contribution in [-0.2, 0) is 10.1 Å². The second-order valence-corrected chi connectivity index (χ2v) is 7.31. The predicted octanol–water partition coefficient (Wildman–Crippen LogP) is 3.59. The van der Waals surface area contributed by atoms with Crippen molar-refractivity contribution >= 4 is 7.59 Å². The zero-order valence-corrected chi connectivity index (χ0v) is 14.1. The van der Waals surface area contributed by atoms with E-state index in [9.17, 15) is 4.57 Å². The van der Waals surface area contributed by atoms with Crippen molar-refractivity contribution in [2.75, 3.05) is 0 Å². The molecule has 0 aliphatic carbocycles. The lowest BCUT2D eigenvalue weighted by atomic mass is 9.78. The third-order valence-corrected chi connectivity index (χ3v) is 4.65. The van der Waals surface area contributed by atoms with Crippen molar-refractivity contribution in [3.05, 3.63) is 108 Å². The fourth-order valence-corrected chi connectivity index (χ4v) is 3.93. The van der Waals surface area contributed by atoms with Gasteiger partial charge < -0.3 is 0 Å². The van der Waals surface area contributed by atoms with Crippen LogP contribution in [-0.4, -0.2) is 0 Å². The maximum absolute atomic E-state index is 12.4. The van der Waals surface area contributed by atoms with Crippen LogP contribution in [0.4, 0.5) is 0 Å². The lowest BCUT2D eigenvalue weighted by molar-refractivity contribution is 0.524. The van der Waals surface area contributed by atoms with Gasteiger partial charge in [-0.1, -0.05) is 91.0 Å². The van der Waals surface area contributed by atoms with Crippen LogP contribution in [0.3, 0.4) is 0 Å². The van der Waals surface area contributed by atoms with E-state index >= 15 is 0 Å². The summed E-state index contributed by atoms with van der Waals surface area (Å²) in [5, 5.41) is 3.03. The van der Waals surface area contributed by atoms with Crippen molar-refractivity contribution in [2.24, 2.45) is 11.0 Å². The van der Waals surface area contributed by atoms with Crippen molar-refractivity contribution in [3.8, 4) is 0 Å². The molecular weight excluding hydrogens is 317 g/mol. The van der Waals surface area contributed by atoms with E-state index in [2.05, 4.69) is 5.09 Å². The molecule has 0 radical (unpaired) electrons. The van der Waals surface area contributed by atoms with Gasteiger partial charge in [-0.05, 0) is 16.7 Å². The van der Waals surface area contributed by atoms with E-state index in [0.29, 0.717) is 0 Å². The standard InChI is InChI=1S/C19H20N3OP/c20-24(21,23)22-19(16-10-4-1-5-11-16,17-12-6-2-7-13-17)18-14-8-3-9-15-18/h1-15H,(H5,20,21,22,23). The van der Waals surface area contributed by atoms with Gasteiger partial charge in [-0.25, -0.2) is 5.09 Å². The molecule has 5 heteroatoms. The molecular formula is C19H20N3OP. The Bertz CT molecular complexity index is 736. The average Bonchev–Trinajstić information content (AvgIpc) is 2.61. The normalized spacial score (nSPS) is 12.1. The van der Waals surface area contributed by atoms with Gasteiger partial charge in [-0.2, -0.15) is 0 Å². The zero-order valence-electron chi connectivity index (χ0n) is 13.2. The van der Waals surface area contributed by atoms with E-state index in [1.54, 1.807) is 0 Å². The number of hydrogen-bond acceptors (Lipinski definition) is 1. The SMILES string of the molecule is NP(N)(=O)NC(c1ccccc1)(c1ccccc1)c1ccccc1. The zero-order chi connectivity index (χ0) is 17.0. The molecule has 0 aromatic heterocycles. The van der Waals surface area contributed by atoms with Gasteiger partial charge in [-0.15, -0.1) is 0 Å². The molecule has 0 atom stereocenters. The molecule has 0 saturated carbocycles. The van der Waals surface area contributed by atoms with Crippen molar-refractivity contribution < 1.29 is 4.57 Å². The first-order valence-corrected chi connectivity index (χ1v) is 9.50. The number of nitrogens with one attached hydrogen (secondary N) is 1. The highest BCUT2D eigenvalue weighted by Gasteiger charge is 2.39. The highest BCUT2D eigenvalue weighted by atomic mass is 31.2. The highest BCUT2D eigenvalue weighted by Crippen LogP contribution is 2.42. The molecule has 5 N–H and O–H groups in total. The predicted molar refractivity (Wildman–Crippen MR) is 98.3 cm³/mol. The average molecular weight is 337 g/mol. The van der Waals surface area contributed by atoms with Crippen molar-refractivity contribution in [1.29, 1.82) is 0 Å². The maximum atomic E-state index is 12.4. The van der Waals surface area contributed by atoms with E-state index in [4.69, 9.17) is 11.0 Å². The third-order valence-electron chi connectivity index (χ3n) is 3.96. The molecule has 0 aliphatic heterocycles. The van der Waals surface area contributed by atoms with Crippen LogP contribution in [0, 0.1) is 0 Å².